The van der Waals surface area contributed by atoms with E-state index in [9.17, 15) is 18.4 Å². The van der Waals surface area contributed by atoms with E-state index < -0.39 is 5.92 Å². The molecule has 2 N–H and O–H groups in total. The molecule has 7 heteroatoms. The maximum atomic E-state index is 13.4. The first-order chi connectivity index (χ1) is 13.8. The van der Waals surface area contributed by atoms with Crippen LogP contribution in [-0.2, 0) is 21.9 Å². The van der Waals surface area contributed by atoms with Crippen LogP contribution in [0, 0.1) is 23.7 Å². The Balaban J connectivity index is 1.19. The van der Waals surface area contributed by atoms with Crippen molar-refractivity contribution in [3.8, 4) is 0 Å². The van der Waals surface area contributed by atoms with Crippen LogP contribution >= 0.6 is 0 Å². The minimum absolute atomic E-state index is 0.00474. The van der Waals surface area contributed by atoms with E-state index >= 15 is 0 Å². The van der Waals surface area contributed by atoms with Gasteiger partial charge in [-0.25, -0.2) is 8.78 Å². The van der Waals surface area contributed by atoms with Gasteiger partial charge < -0.3 is 10.4 Å². The average Bonchev–Trinajstić information content (AvgIpc) is 3.13. The summed E-state index contributed by atoms with van der Waals surface area (Å²) in [5.41, 5.74) is 0.419. The second-order valence-corrected chi connectivity index (χ2v) is 9.00. The van der Waals surface area contributed by atoms with Crippen molar-refractivity contribution < 1.29 is 23.5 Å². The number of nitrogens with one attached hydrogen (secondary N) is 1. The van der Waals surface area contributed by atoms with Crippen LogP contribution < -0.4 is 5.32 Å². The predicted molar refractivity (Wildman–Crippen MR) is 103 cm³/mol. The number of carbonyl (C=O) groups is 2. The first-order valence-corrected chi connectivity index (χ1v) is 10.4. The summed E-state index contributed by atoms with van der Waals surface area (Å²) in [6.07, 6.45) is 2.13. The van der Waals surface area contributed by atoms with Gasteiger partial charge in [0.2, 0.25) is 5.91 Å². The van der Waals surface area contributed by atoms with Gasteiger partial charge in [0.05, 0.1) is 6.54 Å². The first kappa shape index (κ1) is 20.4. The standard InChI is InChI=1S/C22H28F2N2O3/c1-22(23,24)15-4-2-3-13(5-15)8-17(28)9-25-21(29)20-18-10-26(11-19(18)20)16-6-14(7-16)12-27/h2-5,14,16,18-20,27H,6-12H2,1H3,(H,25,29)/t14?,16?,18-,19+,20?. The summed E-state index contributed by atoms with van der Waals surface area (Å²) in [5.74, 6) is -2.01. The Morgan fingerprint density at radius 2 is 1.93 bits per heavy atom. The van der Waals surface area contributed by atoms with Gasteiger partial charge in [-0.2, -0.15) is 0 Å². The van der Waals surface area contributed by atoms with E-state index in [0.717, 1.165) is 32.9 Å². The summed E-state index contributed by atoms with van der Waals surface area (Å²) in [7, 11) is 0. The van der Waals surface area contributed by atoms with Gasteiger partial charge in [-0.15, -0.1) is 0 Å². The van der Waals surface area contributed by atoms with Crippen molar-refractivity contribution in [1.82, 2.24) is 10.2 Å². The number of nitrogens with zero attached hydrogens (tertiary/aromatic N) is 1. The lowest BCUT2D eigenvalue weighted by Crippen LogP contribution is -2.46. The predicted octanol–water partition coefficient (Wildman–Crippen LogP) is 1.97. The van der Waals surface area contributed by atoms with Crippen molar-refractivity contribution in [1.29, 1.82) is 0 Å². The van der Waals surface area contributed by atoms with E-state index in [1.807, 2.05) is 0 Å². The monoisotopic (exact) mass is 406 g/mol. The molecule has 1 saturated heterocycles. The number of aliphatic hydroxyl groups is 1. The zero-order valence-electron chi connectivity index (χ0n) is 16.6. The lowest BCUT2D eigenvalue weighted by molar-refractivity contribution is -0.126. The van der Waals surface area contributed by atoms with Gasteiger partial charge >= 0.3 is 0 Å². The number of rotatable bonds is 8. The molecule has 0 bridgehead atoms. The third-order valence-electron chi connectivity index (χ3n) is 6.81. The highest BCUT2D eigenvalue weighted by Gasteiger charge is 2.60. The number of hydrogen-bond acceptors (Lipinski definition) is 4. The normalized spacial score (nSPS) is 31.1. The highest BCUT2D eigenvalue weighted by molar-refractivity contribution is 5.89. The number of piperidine rings is 1. The Labute approximate surface area is 169 Å². The van der Waals surface area contributed by atoms with Gasteiger partial charge in [-0.1, -0.05) is 18.2 Å². The number of ketones is 1. The maximum Gasteiger partial charge on any atom is 0.270 e. The lowest BCUT2D eigenvalue weighted by Gasteiger charge is -2.41. The first-order valence-electron chi connectivity index (χ1n) is 10.4. The van der Waals surface area contributed by atoms with Crippen LogP contribution in [0.4, 0.5) is 8.78 Å². The summed E-state index contributed by atoms with van der Waals surface area (Å²) >= 11 is 0. The van der Waals surface area contributed by atoms with Gasteiger partial charge in [0.1, 0.15) is 0 Å². The molecule has 1 aromatic rings. The van der Waals surface area contributed by atoms with Gasteiger partial charge in [0.15, 0.2) is 5.78 Å². The number of benzene rings is 1. The van der Waals surface area contributed by atoms with Crippen molar-refractivity contribution in [3.63, 3.8) is 0 Å². The lowest BCUT2D eigenvalue weighted by atomic mass is 9.80. The number of carbonyl (C=O) groups excluding carboxylic acids is 2. The number of halogens is 2. The molecular formula is C22H28F2N2O3. The molecule has 2 saturated carbocycles. The Morgan fingerprint density at radius 1 is 1.24 bits per heavy atom. The molecule has 1 aliphatic heterocycles. The Hall–Kier alpha value is -1.86. The largest absolute Gasteiger partial charge is 0.396 e. The molecule has 1 heterocycles. The van der Waals surface area contributed by atoms with Gasteiger partial charge in [-0.05, 0) is 42.2 Å². The molecule has 3 aliphatic rings. The number of hydrogen-bond donors (Lipinski definition) is 2. The van der Waals surface area contributed by atoms with Crippen molar-refractivity contribution in [2.75, 3.05) is 26.2 Å². The second kappa shape index (κ2) is 7.76. The zero-order valence-corrected chi connectivity index (χ0v) is 16.6. The fraction of sp³-hybridized carbons (Fsp3) is 0.636. The van der Waals surface area contributed by atoms with Crippen molar-refractivity contribution in [3.05, 3.63) is 35.4 Å². The SMILES string of the molecule is CC(F)(F)c1cccc(CC(=O)CNC(=O)C2[C@H]3CN(C4CC(CO)C4)C[C@@H]23)c1. The van der Waals surface area contributed by atoms with Crippen molar-refractivity contribution >= 4 is 11.7 Å². The van der Waals surface area contributed by atoms with Gasteiger partial charge in [0.25, 0.3) is 5.92 Å². The summed E-state index contributed by atoms with van der Waals surface area (Å²) in [6.45, 7) is 2.89. The molecule has 4 rings (SSSR count). The second-order valence-electron chi connectivity index (χ2n) is 9.00. The minimum atomic E-state index is -2.94. The van der Waals surface area contributed by atoms with E-state index in [4.69, 9.17) is 5.11 Å². The summed E-state index contributed by atoms with van der Waals surface area (Å²) in [6, 6.07) is 6.42. The van der Waals surface area contributed by atoms with Gasteiger partial charge in [0, 0.05) is 50.6 Å². The number of amides is 1. The van der Waals surface area contributed by atoms with Crippen LogP contribution in [-0.4, -0.2) is 54.0 Å². The molecule has 1 unspecified atom stereocenters. The number of fused-ring (bicyclic) bond motifs is 1. The van der Waals surface area contributed by atoms with Crippen molar-refractivity contribution in [2.24, 2.45) is 23.7 Å². The molecule has 29 heavy (non-hydrogen) atoms. The van der Waals surface area contributed by atoms with Crippen LogP contribution in [0.1, 0.15) is 30.9 Å². The quantitative estimate of drug-likeness (QED) is 0.693. The number of alkyl halides is 2. The molecule has 2 aliphatic carbocycles. The molecule has 3 fully saturated rings. The number of aliphatic hydroxyl groups excluding tert-OH is 1. The third kappa shape index (κ3) is 4.36. The highest BCUT2D eigenvalue weighted by atomic mass is 19.3. The summed E-state index contributed by atoms with van der Waals surface area (Å²) < 4.78 is 26.8. The summed E-state index contributed by atoms with van der Waals surface area (Å²) in [4.78, 5) is 27.0. The molecule has 0 radical (unpaired) electrons. The van der Waals surface area contributed by atoms with Crippen LogP contribution in [0.2, 0.25) is 0 Å². The molecule has 1 amide bonds. The fourth-order valence-electron chi connectivity index (χ4n) is 4.94. The average molecular weight is 406 g/mol. The molecule has 158 valence electrons. The highest BCUT2D eigenvalue weighted by Crippen LogP contribution is 2.53. The van der Waals surface area contributed by atoms with Crippen LogP contribution in [0.3, 0.4) is 0 Å². The Kier molecular flexibility index (Phi) is 5.46. The topological polar surface area (TPSA) is 69.6 Å². The Morgan fingerprint density at radius 3 is 2.55 bits per heavy atom. The van der Waals surface area contributed by atoms with Gasteiger partial charge in [-0.3, -0.25) is 14.5 Å². The fourth-order valence-corrected chi connectivity index (χ4v) is 4.94. The molecule has 0 spiro atoms. The Bertz CT molecular complexity index is 777. The molecule has 0 aromatic heterocycles. The summed E-state index contributed by atoms with van der Waals surface area (Å²) in [5, 5.41) is 11.9. The van der Waals surface area contributed by atoms with E-state index in [1.54, 1.807) is 6.07 Å². The molecule has 5 nitrogen and oxygen atoms in total. The van der Waals surface area contributed by atoms with Crippen molar-refractivity contribution in [2.45, 2.75) is 38.2 Å². The number of Topliss-reactive ketones (excluding diaryl/α,β-unsaturated/α-hetero) is 1. The molecular weight excluding hydrogens is 378 g/mol. The van der Waals surface area contributed by atoms with E-state index in [-0.39, 0.29) is 42.7 Å². The maximum absolute atomic E-state index is 13.4. The van der Waals surface area contributed by atoms with Crippen LogP contribution in [0.5, 0.6) is 0 Å². The van der Waals surface area contributed by atoms with Crippen LogP contribution in [0.25, 0.3) is 0 Å². The minimum Gasteiger partial charge on any atom is -0.396 e. The van der Waals surface area contributed by atoms with E-state index in [2.05, 4.69) is 10.2 Å². The van der Waals surface area contributed by atoms with Crippen LogP contribution in [0.15, 0.2) is 24.3 Å². The third-order valence-corrected chi connectivity index (χ3v) is 6.81. The molecule has 1 aromatic carbocycles. The smallest absolute Gasteiger partial charge is 0.270 e. The zero-order chi connectivity index (χ0) is 20.8. The number of likely N-dealkylation sites (tertiary alicyclic amines) is 1. The molecule has 3 atom stereocenters. The van der Waals surface area contributed by atoms with E-state index in [0.29, 0.717) is 29.4 Å². The van der Waals surface area contributed by atoms with E-state index in [1.165, 1.54) is 18.2 Å².